The minimum absolute atomic E-state index is 0.118. The molecule has 2 aromatic carbocycles. The first-order valence-electron chi connectivity index (χ1n) is 11.9. The maximum Gasteiger partial charge on any atom is 0.315 e. The van der Waals surface area contributed by atoms with Crippen LogP contribution in [0.4, 0.5) is 4.79 Å². The SMILES string of the molecule is CC(C)(C)CC(N)(NC(C)(C)C)C(O)C(NC(=O)NCc1ccccc1)C(=C=O)c1ccccc1. The second-order valence-corrected chi connectivity index (χ2v) is 11.3. The summed E-state index contributed by atoms with van der Waals surface area (Å²) in [6.45, 7) is 12.2. The van der Waals surface area contributed by atoms with E-state index in [9.17, 15) is 14.7 Å². The summed E-state index contributed by atoms with van der Waals surface area (Å²) in [4.78, 5) is 25.1. The number of urea groups is 1. The van der Waals surface area contributed by atoms with Crippen LogP contribution in [0.5, 0.6) is 0 Å². The van der Waals surface area contributed by atoms with E-state index in [2.05, 4.69) is 16.0 Å². The average Bonchev–Trinajstić information content (AvgIpc) is 2.76. The maximum atomic E-state index is 12.9. The van der Waals surface area contributed by atoms with Gasteiger partial charge in [0.25, 0.3) is 0 Å². The highest BCUT2D eigenvalue weighted by atomic mass is 16.3. The van der Waals surface area contributed by atoms with Crippen molar-refractivity contribution in [3.8, 4) is 0 Å². The van der Waals surface area contributed by atoms with Gasteiger partial charge >= 0.3 is 6.03 Å². The molecule has 0 aliphatic heterocycles. The lowest BCUT2D eigenvalue weighted by Crippen LogP contribution is -2.72. The van der Waals surface area contributed by atoms with E-state index in [4.69, 9.17) is 5.73 Å². The molecule has 0 aliphatic carbocycles. The molecule has 0 spiro atoms. The molecule has 6 N–H and O–H groups in total. The van der Waals surface area contributed by atoms with Crippen LogP contribution in [0.2, 0.25) is 0 Å². The van der Waals surface area contributed by atoms with Gasteiger partial charge < -0.3 is 21.5 Å². The van der Waals surface area contributed by atoms with Crippen LogP contribution < -0.4 is 21.7 Å². The summed E-state index contributed by atoms with van der Waals surface area (Å²) >= 11 is 0. The molecule has 2 amide bonds. The number of nitrogens with two attached hydrogens (primary N) is 1. The molecule has 2 aromatic rings. The van der Waals surface area contributed by atoms with E-state index in [1.807, 2.05) is 83.9 Å². The third-order valence-corrected chi connectivity index (χ3v) is 5.36. The van der Waals surface area contributed by atoms with E-state index in [-0.39, 0.29) is 17.5 Å². The first-order valence-corrected chi connectivity index (χ1v) is 11.9. The van der Waals surface area contributed by atoms with Crippen molar-refractivity contribution in [3.63, 3.8) is 0 Å². The predicted molar refractivity (Wildman–Crippen MR) is 141 cm³/mol. The van der Waals surface area contributed by atoms with Gasteiger partial charge in [-0.1, -0.05) is 81.4 Å². The van der Waals surface area contributed by atoms with Crippen LogP contribution in [-0.4, -0.2) is 40.4 Å². The van der Waals surface area contributed by atoms with E-state index in [0.29, 0.717) is 12.0 Å². The first-order chi connectivity index (χ1) is 16.2. The summed E-state index contributed by atoms with van der Waals surface area (Å²) in [5, 5.41) is 20.7. The summed E-state index contributed by atoms with van der Waals surface area (Å²) in [5.74, 6) is 1.96. The largest absolute Gasteiger partial charge is 0.387 e. The molecule has 0 bridgehead atoms. The molecule has 0 aromatic heterocycles. The van der Waals surface area contributed by atoms with Crippen LogP contribution >= 0.6 is 0 Å². The number of amides is 2. The quantitative estimate of drug-likeness (QED) is 0.278. The second-order valence-electron chi connectivity index (χ2n) is 11.3. The van der Waals surface area contributed by atoms with Crippen molar-refractivity contribution in [3.05, 3.63) is 71.8 Å². The van der Waals surface area contributed by atoms with Crippen molar-refractivity contribution < 1.29 is 14.7 Å². The van der Waals surface area contributed by atoms with Crippen molar-refractivity contribution >= 4 is 17.5 Å². The first kappa shape index (κ1) is 28.3. The number of hydrogen-bond acceptors (Lipinski definition) is 5. The standard InChI is InChI=1S/C28H40N4O3/c1-26(2,3)19-28(29,32-27(4,5)6)24(34)23(22(18-33)21-15-11-8-12-16-21)31-25(35)30-17-20-13-9-7-10-14-20/h7-16,23-24,32,34H,17,19,29H2,1-6H3,(H2,30,31,35). The molecule has 3 unspecified atom stereocenters. The molecular weight excluding hydrogens is 440 g/mol. The Morgan fingerprint density at radius 1 is 0.971 bits per heavy atom. The molecule has 0 fully saturated rings. The Labute approximate surface area is 209 Å². The Bertz CT molecular complexity index is 988. The molecule has 7 nitrogen and oxygen atoms in total. The Hall–Kier alpha value is -2.96. The van der Waals surface area contributed by atoms with Crippen LogP contribution in [0, 0.1) is 5.41 Å². The van der Waals surface area contributed by atoms with E-state index >= 15 is 0 Å². The molecule has 0 heterocycles. The zero-order valence-electron chi connectivity index (χ0n) is 21.7. The minimum Gasteiger partial charge on any atom is -0.387 e. The van der Waals surface area contributed by atoms with E-state index in [1.165, 1.54) is 0 Å². The van der Waals surface area contributed by atoms with Crippen LogP contribution in [0.3, 0.4) is 0 Å². The maximum absolute atomic E-state index is 12.9. The zero-order valence-corrected chi connectivity index (χ0v) is 21.7. The molecule has 0 saturated carbocycles. The summed E-state index contributed by atoms with van der Waals surface area (Å²) < 4.78 is 0. The fourth-order valence-corrected chi connectivity index (χ4v) is 4.29. The molecule has 2 rings (SSSR count). The highest BCUT2D eigenvalue weighted by Gasteiger charge is 2.45. The monoisotopic (exact) mass is 480 g/mol. The van der Waals surface area contributed by atoms with Crippen LogP contribution in [-0.2, 0) is 11.3 Å². The van der Waals surface area contributed by atoms with Crippen LogP contribution in [0.1, 0.15) is 59.1 Å². The van der Waals surface area contributed by atoms with Gasteiger partial charge in [-0.05, 0) is 43.7 Å². The number of hydrogen-bond donors (Lipinski definition) is 5. The van der Waals surface area contributed by atoms with Gasteiger partial charge in [-0.3, -0.25) is 5.32 Å². The van der Waals surface area contributed by atoms with Crippen molar-refractivity contribution in [1.82, 2.24) is 16.0 Å². The molecular formula is C28H40N4O3. The van der Waals surface area contributed by atoms with Crippen LogP contribution in [0.15, 0.2) is 60.7 Å². The van der Waals surface area contributed by atoms with Crippen molar-refractivity contribution in [1.29, 1.82) is 0 Å². The number of aliphatic hydroxyl groups excluding tert-OH is 1. The van der Waals surface area contributed by atoms with E-state index < -0.39 is 29.4 Å². The second kappa shape index (κ2) is 11.6. The molecule has 0 aliphatic rings. The van der Waals surface area contributed by atoms with E-state index in [0.717, 1.165) is 5.56 Å². The average molecular weight is 481 g/mol. The van der Waals surface area contributed by atoms with Crippen molar-refractivity contribution in [2.24, 2.45) is 11.1 Å². The third-order valence-electron chi connectivity index (χ3n) is 5.36. The number of benzene rings is 2. The molecule has 0 saturated heterocycles. The fourth-order valence-electron chi connectivity index (χ4n) is 4.29. The molecule has 3 atom stereocenters. The normalized spacial score (nSPS) is 15.3. The zero-order chi connectivity index (χ0) is 26.3. The third kappa shape index (κ3) is 8.96. The van der Waals surface area contributed by atoms with Crippen molar-refractivity contribution in [2.75, 3.05) is 0 Å². The van der Waals surface area contributed by atoms with Gasteiger partial charge in [0.2, 0.25) is 0 Å². The smallest absolute Gasteiger partial charge is 0.315 e. The summed E-state index contributed by atoms with van der Waals surface area (Å²) in [6.07, 6.45) is -0.969. The van der Waals surface area contributed by atoms with Gasteiger partial charge in [0, 0.05) is 12.1 Å². The van der Waals surface area contributed by atoms with Crippen LogP contribution in [0.25, 0.3) is 5.57 Å². The number of rotatable bonds is 9. The van der Waals surface area contributed by atoms with Gasteiger partial charge in [-0.25, -0.2) is 9.59 Å². The van der Waals surface area contributed by atoms with Gasteiger partial charge in [-0.2, -0.15) is 0 Å². The highest BCUT2D eigenvalue weighted by Crippen LogP contribution is 2.31. The highest BCUT2D eigenvalue weighted by molar-refractivity contribution is 5.92. The Morgan fingerprint density at radius 3 is 2.00 bits per heavy atom. The van der Waals surface area contributed by atoms with E-state index in [1.54, 1.807) is 24.3 Å². The Kier molecular flexibility index (Phi) is 9.41. The molecule has 0 radical (unpaired) electrons. The van der Waals surface area contributed by atoms with Crippen molar-refractivity contribution in [2.45, 2.75) is 77.9 Å². The van der Waals surface area contributed by atoms with Gasteiger partial charge in [-0.15, -0.1) is 0 Å². The number of aliphatic hydroxyl groups is 1. The van der Waals surface area contributed by atoms with Gasteiger partial charge in [0.05, 0.1) is 17.3 Å². The lowest BCUT2D eigenvalue weighted by atomic mass is 9.77. The summed E-state index contributed by atoms with van der Waals surface area (Å²) in [6, 6.07) is 16.7. The molecule has 35 heavy (non-hydrogen) atoms. The lowest BCUT2D eigenvalue weighted by Gasteiger charge is -2.46. The minimum atomic E-state index is -1.35. The molecule has 7 heteroatoms. The fraction of sp³-hybridized carbons (Fsp3) is 0.464. The van der Waals surface area contributed by atoms with Gasteiger partial charge in [0.1, 0.15) is 12.0 Å². The summed E-state index contributed by atoms with van der Waals surface area (Å²) in [5.41, 5.74) is 6.40. The molecule has 190 valence electrons. The Morgan fingerprint density at radius 2 is 1.51 bits per heavy atom. The predicted octanol–water partition coefficient (Wildman–Crippen LogP) is 3.61. The lowest BCUT2D eigenvalue weighted by molar-refractivity contribution is 0.00840. The number of carbonyl (C=O) groups is 1. The summed E-state index contributed by atoms with van der Waals surface area (Å²) in [7, 11) is 0. The topological polar surface area (TPSA) is 116 Å². The number of nitrogens with one attached hydrogen (secondary N) is 3. The number of carbonyl (C=O) groups excluding carboxylic acids is 2. The Balaban J connectivity index is 2.43. The van der Waals surface area contributed by atoms with Gasteiger partial charge in [0.15, 0.2) is 0 Å².